The average Bonchev–Trinajstić information content (AvgIpc) is 1.78. The first kappa shape index (κ1) is 14.0. The van der Waals surface area contributed by atoms with E-state index in [1.165, 1.54) is 0 Å². The maximum absolute atomic E-state index is 6.31. The summed E-state index contributed by atoms with van der Waals surface area (Å²) in [6.07, 6.45) is 0. The van der Waals surface area contributed by atoms with E-state index >= 15 is 0 Å². The van der Waals surface area contributed by atoms with E-state index in [0.29, 0.717) is 0 Å². The summed E-state index contributed by atoms with van der Waals surface area (Å²) in [6, 6.07) is 0.916. The molecule has 0 fully saturated rings. The monoisotopic (exact) mass is 234 g/mol. The van der Waals surface area contributed by atoms with Crippen LogP contribution in [0.4, 0.5) is 0 Å². The summed E-state index contributed by atoms with van der Waals surface area (Å²) >= 11 is 6.31. The van der Waals surface area contributed by atoms with E-state index in [-0.39, 0.29) is 5.54 Å². The van der Waals surface area contributed by atoms with E-state index in [1.807, 2.05) is 6.92 Å². The van der Waals surface area contributed by atoms with E-state index < -0.39 is 7.38 Å². The Morgan fingerprint density at radius 2 is 1.86 bits per heavy atom. The number of amidine groups is 1. The number of hydrogen-bond donors (Lipinski definition) is 1. The molecule has 14 heavy (non-hydrogen) atoms. The second-order valence-corrected chi connectivity index (χ2v) is 12.1. The van der Waals surface area contributed by atoms with Crippen molar-refractivity contribution >= 4 is 24.3 Å². The third kappa shape index (κ3) is 8.57. The van der Waals surface area contributed by atoms with Gasteiger partial charge in [-0.1, -0.05) is 13.1 Å². The molecule has 84 valence electrons. The van der Waals surface area contributed by atoms with Crippen LogP contribution in [0.3, 0.4) is 0 Å². The van der Waals surface area contributed by atoms with E-state index in [2.05, 4.69) is 44.2 Å². The predicted molar refractivity (Wildman–Crippen MR) is 69.0 cm³/mol. The maximum Gasteiger partial charge on any atom is 0.157 e. The Bertz CT molecular complexity index is 183. The molecule has 0 rings (SSSR count). The molecule has 0 heterocycles. The number of halogens is 1. The van der Waals surface area contributed by atoms with Crippen LogP contribution in [0.2, 0.25) is 19.1 Å². The van der Waals surface area contributed by atoms with Gasteiger partial charge in [0.05, 0.1) is 5.84 Å². The summed E-state index contributed by atoms with van der Waals surface area (Å²) in [5.74, 6) is 1.06. The van der Waals surface area contributed by atoms with Gasteiger partial charge in [-0.3, -0.25) is 4.99 Å². The Kier molecular flexibility index (Phi) is 5.16. The lowest BCUT2D eigenvalue weighted by atomic mass is 10.1. The molecule has 1 N–H and O–H groups in total. The minimum atomic E-state index is -1.58. The zero-order chi connectivity index (χ0) is 11.4. The normalized spacial score (nSPS) is 14.4. The quantitative estimate of drug-likeness (QED) is 0.345. The van der Waals surface area contributed by atoms with Crippen LogP contribution < -0.4 is 5.32 Å². The van der Waals surface area contributed by atoms with Gasteiger partial charge in [0.2, 0.25) is 0 Å². The first-order valence-corrected chi connectivity index (χ1v) is 9.36. The Hall–Kier alpha value is -0.0231. The number of nitrogens with one attached hydrogen (secondary N) is 1. The van der Waals surface area contributed by atoms with Crippen LogP contribution in [-0.2, 0) is 0 Å². The van der Waals surface area contributed by atoms with Gasteiger partial charge in [0.1, 0.15) is 0 Å². The minimum Gasteiger partial charge on any atom is -0.369 e. The highest BCUT2D eigenvalue weighted by Crippen LogP contribution is 2.15. The summed E-state index contributed by atoms with van der Waals surface area (Å²) in [4.78, 5) is 4.45. The van der Waals surface area contributed by atoms with Crippen LogP contribution in [-0.4, -0.2) is 25.3 Å². The third-order valence-electron chi connectivity index (χ3n) is 1.46. The predicted octanol–water partition coefficient (Wildman–Crippen LogP) is 3.24. The fourth-order valence-corrected chi connectivity index (χ4v) is 2.54. The van der Waals surface area contributed by atoms with Crippen LogP contribution in [0.1, 0.15) is 27.7 Å². The Morgan fingerprint density at radius 1 is 1.36 bits per heavy atom. The summed E-state index contributed by atoms with van der Waals surface area (Å²) in [6.45, 7) is 13.6. The smallest absolute Gasteiger partial charge is 0.157 e. The zero-order valence-electron chi connectivity index (χ0n) is 10.2. The van der Waals surface area contributed by atoms with Gasteiger partial charge in [0.25, 0.3) is 0 Å². The molecule has 0 atom stereocenters. The lowest BCUT2D eigenvalue weighted by molar-refractivity contribution is 0.509. The van der Waals surface area contributed by atoms with Crippen molar-refractivity contribution in [3.05, 3.63) is 0 Å². The molecule has 0 aliphatic carbocycles. The second kappa shape index (κ2) is 5.17. The summed E-state index contributed by atoms with van der Waals surface area (Å²) in [5.41, 5.74) is 0.0740. The first-order chi connectivity index (χ1) is 6.14. The second-order valence-electron chi connectivity index (χ2n) is 5.19. The fourth-order valence-electron chi connectivity index (χ4n) is 1.16. The summed E-state index contributed by atoms with van der Waals surface area (Å²) in [5, 5.41) is 3.41. The highest BCUT2D eigenvalue weighted by Gasteiger charge is 2.22. The van der Waals surface area contributed by atoms with Crippen molar-refractivity contribution in [3.63, 3.8) is 0 Å². The molecule has 0 bridgehead atoms. The average molecular weight is 235 g/mol. The van der Waals surface area contributed by atoms with E-state index in [4.69, 9.17) is 11.1 Å². The summed E-state index contributed by atoms with van der Waals surface area (Å²) < 4.78 is 0. The van der Waals surface area contributed by atoms with Gasteiger partial charge in [-0.25, -0.2) is 0 Å². The van der Waals surface area contributed by atoms with Crippen molar-refractivity contribution < 1.29 is 0 Å². The molecule has 0 saturated heterocycles. The molecule has 0 spiro atoms. The van der Waals surface area contributed by atoms with Gasteiger partial charge in [-0.05, 0) is 27.7 Å². The van der Waals surface area contributed by atoms with Gasteiger partial charge in [-0.15, -0.1) is 0 Å². The largest absolute Gasteiger partial charge is 0.369 e. The number of hydrogen-bond acceptors (Lipinski definition) is 1. The van der Waals surface area contributed by atoms with Gasteiger partial charge >= 0.3 is 0 Å². The molecule has 0 aliphatic rings. The first-order valence-electron chi connectivity index (χ1n) is 5.14. The Balaban J connectivity index is 4.41. The minimum absolute atomic E-state index is 0.0740. The Morgan fingerprint density at radius 3 is 2.14 bits per heavy atom. The van der Waals surface area contributed by atoms with Gasteiger partial charge in [0, 0.05) is 18.1 Å². The molecule has 0 aliphatic heterocycles. The highest BCUT2D eigenvalue weighted by atomic mass is 35.6. The maximum atomic E-state index is 6.31. The third-order valence-corrected chi connectivity index (χ3v) is 3.03. The van der Waals surface area contributed by atoms with E-state index in [1.54, 1.807) is 0 Å². The van der Waals surface area contributed by atoms with Crippen molar-refractivity contribution in [2.24, 2.45) is 4.99 Å². The SMILES string of the molecule is CCN=C(C[Si](C)(C)Cl)NC(C)(C)C. The molecule has 0 aromatic rings. The molecule has 4 heteroatoms. The molecule has 0 saturated carbocycles. The fraction of sp³-hybridized carbons (Fsp3) is 0.900. The standard InChI is InChI=1S/C10H23ClN2Si/c1-7-12-9(8-14(5,6)11)13-10(2,3)4/h7-8H2,1-6H3,(H,12,13). The molecule has 0 unspecified atom stereocenters. The van der Waals surface area contributed by atoms with E-state index in [0.717, 1.165) is 18.4 Å². The molecule has 0 aromatic heterocycles. The molecule has 0 amide bonds. The lowest BCUT2D eigenvalue weighted by Gasteiger charge is -2.25. The van der Waals surface area contributed by atoms with Crippen molar-refractivity contribution in [2.45, 2.75) is 52.4 Å². The molecule has 2 nitrogen and oxygen atoms in total. The lowest BCUT2D eigenvalue weighted by Crippen LogP contribution is -2.43. The topological polar surface area (TPSA) is 24.4 Å². The van der Waals surface area contributed by atoms with Crippen LogP contribution >= 0.6 is 11.1 Å². The van der Waals surface area contributed by atoms with Crippen molar-refractivity contribution in [2.75, 3.05) is 6.54 Å². The number of nitrogens with zero attached hydrogens (tertiary/aromatic N) is 1. The van der Waals surface area contributed by atoms with Crippen LogP contribution in [0, 0.1) is 0 Å². The highest BCUT2D eigenvalue weighted by molar-refractivity contribution is 7.20. The molecule has 0 aromatic carbocycles. The van der Waals surface area contributed by atoms with Crippen molar-refractivity contribution in [3.8, 4) is 0 Å². The number of aliphatic imine (C=N–C) groups is 1. The van der Waals surface area contributed by atoms with Crippen molar-refractivity contribution in [1.29, 1.82) is 0 Å². The molecule has 0 radical (unpaired) electrons. The van der Waals surface area contributed by atoms with Gasteiger partial charge in [0.15, 0.2) is 7.38 Å². The molecular weight excluding hydrogens is 212 g/mol. The van der Waals surface area contributed by atoms with Gasteiger partial charge in [-0.2, -0.15) is 11.1 Å². The van der Waals surface area contributed by atoms with Crippen LogP contribution in [0.15, 0.2) is 4.99 Å². The van der Waals surface area contributed by atoms with Crippen molar-refractivity contribution in [1.82, 2.24) is 5.32 Å². The Labute approximate surface area is 93.9 Å². The zero-order valence-corrected chi connectivity index (χ0v) is 12.0. The van der Waals surface area contributed by atoms with Crippen LogP contribution in [0.5, 0.6) is 0 Å². The molecular formula is C10H23ClN2Si. The van der Waals surface area contributed by atoms with Crippen LogP contribution in [0.25, 0.3) is 0 Å². The number of rotatable bonds is 3. The summed E-state index contributed by atoms with van der Waals surface area (Å²) in [7, 11) is -1.58. The van der Waals surface area contributed by atoms with Gasteiger partial charge < -0.3 is 5.32 Å². The van der Waals surface area contributed by atoms with E-state index in [9.17, 15) is 0 Å².